The Bertz CT molecular complexity index is 670. The van der Waals surface area contributed by atoms with Gasteiger partial charge in [0, 0.05) is 6.54 Å². The molecule has 148 valence electrons. The van der Waals surface area contributed by atoms with E-state index >= 15 is 0 Å². The van der Waals surface area contributed by atoms with Gasteiger partial charge in [0.25, 0.3) is 0 Å². The molecule has 0 bridgehead atoms. The number of hydrogen-bond acceptors (Lipinski definition) is 5. The fraction of sp³-hybridized carbons (Fsp3) is 0.550. The van der Waals surface area contributed by atoms with E-state index in [-0.39, 0.29) is 18.2 Å². The maximum absolute atomic E-state index is 12.8. The highest BCUT2D eigenvalue weighted by Gasteiger charge is 2.37. The van der Waals surface area contributed by atoms with Crippen LogP contribution in [0.3, 0.4) is 0 Å². The number of nitrogens with two attached hydrogens (primary N) is 1. The molecule has 1 heterocycles. The van der Waals surface area contributed by atoms with E-state index < -0.39 is 23.8 Å². The highest BCUT2D eigenvalue weighted by Crippen LogP contribution is 2.21. The lowest BCUT2D eigenvalue weighted by Crippen LogP contribution is -2.53. The minimum atomic E-state index is -0.717. The van der Waals surface area contributed by atoms with Gasteiger partial charge in [-0.25, -0.2) is 4.79 Å². The summed E-state index contributed by atoms with van der Waals surface area (Å²) in [6.45, 7) is 5.66. The van der Waals surface area contributed by atoms with Crippen molar-refractivity contribution in [3.63, 3.8) is 0 Å². The molecule has 1 aromatic carbocycles. The zero-order valence-corrected chi connectivity index (χ0v) is 16.2. The predicted octanol–water partition coefficient (Wildman–Crippen LogP) is 1.64. The number of amides is 2. The second kappa shape index (κ2) is 8.99. The number of Topliss-reactive ketones (excluding diaryl/α,β-unsaturated/α-hetero) is 1. The van der Waals surface area contributed by atoms with Gasteiger partial charge in [0.15, 0.2) is 5.78 Å². The number of ether oxygens (including phenoxy) is 1. The Morgan fingerprint density at radius 1 is 1.26 bits per heavy atom. The third-order valence-corrected chi connectivity index (χ3v) is 4.37. The van der Waals surface area contributed by atoms with Crippen LogP contribution < -0.4 is 11.1 Å². The van der Waals surface area contributed by atoms with Gasteiger partial charge >= 0.3 is 6.09 Å². The highest BCUT2D eigenvalue weighted by atomic mass is 16.6. The number of nitrogens with zero attached hydrogens (tertiary/aromatic N) is 1. The van der Waals surface area contributed by atoms with Crippen molar-refractivity contribution in [3.8, 4) is 0 Å². The van der Waals surface area contributed by atoms with Crippen LogP contribution in [0.15, 0.2) is 30.3 Å². The van der Waals surface area contributed by atoms with Gasteiger partial charge in [0.1, 0.15) is 11.6 Å². The molecule has 0 aliphatic carbocycles. The minimum Gasteiger partial charge on any atom is -0.444 e. The number of carbonyl (C=O) groups is 3. The summed E-state index contributed by atoms with van der Waals surface area (Å²) in [4.78, 5) is 38.8. The van der Waals surface area contributed by atoms with Crippen molar-refractivity contribution in [2.75, 3.05) is 13.1 Å². The van der Waals surface area contributed by atoms with Crippen LogP contribution in [-0.2, 0) is 20.7 Å². The highest BCUT2D eigenvalue weighted by molar-refractivity contribution is 5.93. The Morgan fingerprint density at radius 2 is 1.93 bits per heavy atom. The molecule has 0 saturated carbocycles. The van der Waals surface area contributed by atoms with Crippen molar-refractivity contribution in [2.24, 2.45) is 5.73 Å². The van der Waals surface area contributed by atoms with E-state index in [1.165, 1.54) is 4.90 Å². The van der Waals surface area contributed by atoms with Crippen molar-refractivity contribution in [2.45, 2.75) is 57.7 Å². The third-order valence-electron chi connectivity index (χ3n) is 4.37. The van der Waals surface area contributed by atoms with Crippen LogP contribution in [0.4, 0.5) is 4.79 Å². The van der Waals surface area contributed by atoms with Crippen molar-refractivity contribution < 1.29 is 19.1 Å². The fourth-order valence-electron chi connectivity index (χ4n) is 3.08. The van der Waals surface area contributed by atoms with Gasteiger partial charge in [-0.2, -0.15) is 0 Å². The number of carbonyl (C=O) groups excluding carboxylic acids is 3. The maximum atomic E-state index is 12.8. The molecule has 1 aliphatic rings. The van der Waals surface area contributed by atoms with Crippen molar-refractivity contribution in [1.82, 2.24) is 10.2 Å². The van der Waals surface area contributed by atoms with Crippen LogP contribution in [0.2, 0.25) is 0 Å². The minimum absolute atomic E-state index is 0.155. The Kier molecular flexibility index (Phi) is 6.96. The number of benzene rings is 1. The monoisotopic (exact) mass is 375 g/mol. The number of hydrogen-bond donors (Lipinski definition) is 2. The third kappa shape index (κ3) is 6.06. The molecule has 1 fully saturated rings. The molecule has 7 heteroatoms. The SMILES string of the molecule is CC(C)(C)OC(=O)N1CCC[C@H]1C(=O)N[C@H](Cc1ccccc1)C(=O)CN. The zero-order valence-electron chi connectivity index (χ0n) is 16.2. The quantitative estimate of drug-likeness (QED) is 0.787. The molecule has 0 unspecified atom stereocenters. The molecule has 0 radical (unpaired) electrons. The molecule has 0 aromatic heterocycles. The van der Waals surface area contributed by atoms with Crippen LogP contribution in [0.5, 0.6) is 0 Å². The molecular formula is C20H29N3O4. The van der Waals surface area contributed by atoms with Crippen LogP contribution in [0.25, 0.3) is 0 Å². The van der Waals surface area contributed by atoms with Gasteiger partial charge in [-0.15, -0.1) is 0 Å². The van der Waals surface area contributed by atoms with E-state index in [4.69, 9.17) is 10.5 Å². The first-order valence-electron chi connectivity index (χ1n) is 9.28. The largest absolute Gasteiger partial charge is 0.444 e. The molecule has 0 spiro atoms. The molecule has 1 aromatic rings. The van der Waals surface area contributed by atoms with Crippen LogP contribution in [0, 0.1) is 0 Å². The molecule has 1 saturated heterocycles. The lowest BCUT2D eigenvalue weighted by molar-refractivity contribution is -0.130. The van der Waals surface area contributed by atoms with Gasteiger partial charge < -0.3 is 15.8 Å². The Balaban J connectivity index is 2.06. The average molecular weight is 375 g/mol. The lowest BCUT2D eigenvalue weighted by Gasteiger charge is -2.29. The van der Waals surface area contributed by atoms with Crippen molar-refractivity contribution in [1.29, 1.82) is 0 Å². The predicted molar refractivity (Wildman–Crippen MR) is 102 cm³/mol. The van der Waals surface area contributed by atoms with Crippen molar-refractivity contribution in [3.05, 3.63) is 35.9 Å². The molecule has 7 nitrogen and oxygen atoms in total. The van der Waals surface area contributed by atoms with E-state index in [0.29, 0.717) is 25.8 Å². The van der Waals surface area contributed by atoms with Gasteiger partial charge in [-0.05, 0) is 45.6 Å². The summed E-state index contributed by atoms with van der Waals surface area (Å²) in [5.74, 6) is -0.588. The van der Waals surface area contributed by atoms with Gasteiger partial charge in [0.2, 0.25) is 5.91 Å². The average Bonchev–Trinajstić information content (AvgIpc) is 3.10. The summed E-state index contributed by atoms with van der Waals surface area (Å²) < 4.78 is 5.39. The second-order valence-electron chi connectivity index (χ2n) is 7.75. The fourth-order valence-corrected chi connectivity index (χ4v) is 3.08. The summed E-state index contributed by atoms with van der Waals surface area (Å²) in [7, 11) is 0. The summed E-state index contributed by atoms with van der Waals surface area (Å²) in [6, 6.07) is 8.08. The van der Waals surface area contributed by atoms with Gasteiger partial charge in [-0.3, -0.25) is 14.5 Å². The van der Waals surface area contributed by atoms with Gasteiger partial charge in [-0.1, -0.05) is 30.3 Å². The van der Waals surface area contributed by atoms with E-state index in [2.05, 4.69) is 5.32 Å². The molecule has 2 amide bonds. The maximum Gasteiger partial charge on any atom is 0.410 e. The second-order valence-corrected chi connectivity index (χ2v) is 7.75. The summed E-state index contributed by atoms with van der Waals surface area (Å²) in [6.07, 6.45) is 1.11. The van der Waals surface area contributed by atoms with Crippen molar-refractivity contribution >= 4 is 17.8 Å². The normalized spacial score (nSPS) is 18.1. The molecule has 1 aliphatic heterocycles. The van der Waals surface area contributed by atoms with E-state index in [1.807, 2.05) is 30.3 Å². The van der Waals surface area contributed by atoms with Crippen LogP contribution >= 0.6 is 0 Å². The Labute approximate surface area is 160 Å². The smallest absolute Gasteiger partial charge is 0.410 e. The topological polar surface area (TPSA) is 102 Å². The summed E-state index contributed by atoms with van der Waals surface area (Å²) in [5.41, 5.74) is 5.81. The molecule has 27 heavy (non-hydrogen) atoms. The first-order valence-corrected chi connectivity index (χ1v) is 9.28. The van der Waals surface area contributed by atoms with Gasteiger partial charge in [0.05, 0.1) is 12.6 Å². The number of likely N-dealkylation sites (tertiary alicyclic amines) is 1. The Hall–Kier alpha value is -2.41. The molecule has 2 rings (SSSR count). The van der Waals surface area contributed by atoms with Crippen LogP contribution in [0.1, 0.15) is 39.2 Å². The number of nitrogens with one attached hydrogen (secondary N) is 1. The van der Waals surface area contributed by atoms with Crippen LogP contribution in [-0.4, -0.2) is 53.5 Å². The zero-order chi connectivity index (χ0) is 20.0. The summed E-state index contributed by atoms with van der Waals surface area (Å²) >= 11 is 0. The standard InChI is InChI=1S/C20H29N3O4/c1-20(2,3)27-19(26)23-11-7-10-16(23)18(25)22-15(17(24)13-21)12-14-8-5-4-6-9-14/h4-6,8-9,15-16H,7,10-13,21H2,1-3H3,(H,22,25)/t15-,16+/m1/s1. The number of ketones is 1. The first-order chi connectivity index (χ1) is 12.7. The molecule has 3 N–H and O–H groups in total. The number of rotatable bonds is 6. The van der Waals surface area contributed by atoms with E-state index in [1.54, 1.807) is 20.8 Å². The summed E-state index contributed by atoms with van der Waals surface area (Å²) in [5, 5.41) is 2.79. The molecule has 2 atom stereocenters. The first kappa shape index (κ1) is 20.9. The Morgan fingerprint density at radius 3 is 2.52 bits per heavy atom. The van der Waals surface area contributed by atoms with E-state index in [0.717, 1.165) is 5.56 Å². The van der Waals surface area contributed by atoms with E-state index in [9.17, 15) is 14.4 Å². The molecular weight excluding hydrogens is 346 g/mol. The lowest BCUT2D eigenvalue weighted by atomic mass is 10.0.